The summed E-state index contributed by atoms with van der Waals surface area (Å²) in [6, 6.07) is -1.03. The number of rotatable bonds is 2. The van der Waals surface area contributed by atoms with Gasteiger partial charge in [-0.1, -0.05) is 0 Å². The lowest BCUT2D eigenvalue weighted by atomic mass is 10.1. The van der Waals surface area contributed by atoms with E-state index < -0.39 is 24.3 Å². The topological polar surface area (TPSA) is 59.1 Å². The summed E-state index contributed by atoms with van der Waals surface area (Å²) in [5.41, 5.74) is 4.91. The third-order valence-corrected chi connectivity index (χ3v) is 1.46. The fraction of sp³-hybridized carbons (Fsp3) is 0.286. The minimum atomic E-state index is -1.03. The Morgan fingerprint density at radius 1 is 1.42 bits per heavy atom. The first kappa shape index (κ1) is 9.02. The van der Waals surface area contributed by atoms with E-state index in [-0.39, 0.29) is 5.56 Å². The lowest BCUT2D eigenvalue weighted by molar-refractivity contribution is 0.262. The number of aliphatic hydroxyl groups excluding tert-OH is 1. The van der Waals surface area contributed by atoms with Gasteiger partial charge in [-0.15, -0.1) is 0 Å². The molecular formula is C7H8F2N2O. The molecule has 3 N–H and O–H groups in total. The van der Waals surface area contributed by atoms with Crippen molar-refractivity contribution < 1.29 is 13.9 Å². The van der Waals surface area contributed by atoms with Crippen LogP contribution in [0.4, 0.5) is 8.78 Å². The van der Waals surface area contributed by atoms with Gasteiger partial charge < -0.3 is 10.8 Å². The number of nitrogens with two attached hydrogens (primary N) is 1. The van der Waals surface area contributed by atoms with Crippen molar-refractivity contribution in [1.82, 2.24) is 4.98 Å². The third kappa shape index (κ3) is 1.57. The zero-order chi connectivity index (χ0) is 9.14. The molecule has 0 amide bonds. The molecule has 1 aromatic heterocycles. The molecule has 0 fully saturated rings. The molecule has 1 aromatic rings. The van der Waals surface area contributed by atoms with Gasteiger partial charge in [0.1, 0.15) is 11.6 Å². The highest BCUT2D eigenvalue weighted by molar-refractivity contribution is 5.19. The Morgan fingerprint density at radius 3 is 2.33 bits per heavy atom. The molecule has 0 saturated heterocycles. The summed E-state index contributed by atoms with van der Waals surface area (Å²) in [4.78, 5) is 3.27. The van der Waals surface area contributed by atoms with Gasteiger partial charge >= 0.3 is 0 Å². The molecule has 1 atom stereocenters. The van der Waals surface area contributed by atoms with E-state index >= 15 is 0 Å². The van der Waals surface area contributed by atoms with Crippen molar-refractivity contribution in [2.75, 3.05) is 6.61 Å². The number of aromatic nitrogens is 1. The van der Waals surface area contributed by atoms with Crippen molar-refractivity contribution in [1.29, 1.82) is 0 Å². The Labute approximate surface area is 67.8 Å². The van der Waals surface area contributed by atoms with E-state index in [1.807, 2.05) is 0 Å². The minimum Gasteiger partial charge on any atom is -0.394 e. The fourth-order valence-corrected chi connectivity index (χ4v) is 0.867. The first-order chi connectivity index (χ1) is 5.66. The third-order valence-electron chi connectivity index (χ3n) is 1.46. The van der Waals surface area contributed by atoms with Crippen molar-refractivity contribution in [3.05, 3.63) is 29.6 Å². The van der Waals surface area contributed by atoms with Crippen molar-refractivity contribution in [2.45, 2.75) is 6.04 Å². The maximum Gasteiger partial charge on any atom is 0.149 e. The van der Waals surface area contributed by atoms with E-state index in [9.17, 15) is 8.78 Å². The predicted molar refractivity (Wildman–Crippen MR) is 38.2 cm³/mol. The highest BCUT2D eigenvalue weighted by Crippen LogP contribution is 2.16. The molecule has 1 unspecified atom stereocenters. The summed E-state index contributed by atoms with van der Waals surface area (Å²) < 4.78 is 25.6. The molecule has 0 aliphatic carbocycles. The second-order valence-electron chi connectivity index (χ2n) is 2.31. The summed E-state index contributed by atoms with van der Waals surface area (Å²) in [5, 5.41) is 8.56. The molecule has 12 heavy (non-hydrogen) atoms. The summed E-state index contributed by atoms with van der Waals surface area (Å²) in [6.07, 6.45) is 1.71. The Kier molecular flexibility index (Phi) is 2.67. The summed E-state index contributed by atoms with van der Waals surface area (Å²) >= 11 is 0. The zero-order valence-corrected chi connectivity index (χ0v) is 6.17. The van der Waals surface area contributed by atoms with Crippen molar-refractivity contribution in [3.8, 4) is 0 Å². The highest BCUT2D eigenvalue weighted by Gasteiger charge is 2.15. The monoisotopic (exact) mass is 174 g/mol. The van der Waals surface area contributed by atoms with Gasteiger partial charge in [-0.25, -0.2) is 8.78 Å². The molecule has 0 aromatic carbocycles. The number of nitrogens with zero attached hydrogens (tertiary/aromatic N) is 1. The average molecular weight is 174 g/mol. The van der Waals surface area contributed by atoms with Crippen LogP contribution in [0.5, 0.6) is 0 Å². The molecule has 1 rings (SSSR count). The van der Waals surface area contributed by atoms with Crippen LogP contribution in [0.2, 0.25) is 0 Å². The maximum atomic E-state index is 12.8. The number of hydrogen-bond acceptors (Lipinski definition) is 3. The van der Waals surface area contributed by atoms with Crippen LogP contribution >= 0.6 is 0 Å². The lowest BCUT2D eigenvalue weighted by Gasteiger charge is -2.09. The average Bonchev–Trinajstić information content (AvgIpc) is 2.03. The smallest absolute Gasteiger partial charge is 0.149 e. The number of pyridine rings is 1. The number of hydrogen-bond donors (Lipinski definition) is 2. The normalized spacial score (nSPS) is 13.0. The molecule has 0 saturated carbocycles. The first-order valence-electron chi connectivity index (χ1n) is 3.32. The van der Waals surface area contributed by atoms with Crippen LogP contribution in [0.1, 0.15) is 11.6 Å². The summed E-state index contributed by atoms with van der Waals surface area (Å²) in [7, 11) is 0. The zero-order valence-electron chi connectivity index (χ0n) is 6.17. The molecule has 1 heterocycles. The van der Waals surface area contributed by atoms with E-state index in [1.165, 1.54) is 0 Å². The largest absolute Gasteiger partial charge is 0.394 e. The van der Waals surface area contributed by atoms with E-state index in [2.05, 4.69) is 4.98 Å². The molecule has 0 aliphatic heterocycles. The lowest BCUT2D eigenvalue weighted by Crippen LogP contribution is -2.18. The van der Waals surface area contributed by atoms with Crippen molar-refractivity contribution in [2.24, 2.45) is 5.73 Å². The van der Waals surface area contributed by atoms with Gasteiger partial charge in [0, 0.05) is 5.56 Å². The van der Waals surface area contributed by atoms with Gasteiger partial charge in [-0.05, 0) is 0 Å². The molecule has 66 valence electrons. The summed E-state index contributed by atoms with van der Waals surface area (Å²) in [5.74, 6) is -1.67. The van der Waals surface area contributed by atoms with Crippen LogP contribution in [-0.2, 0) is 0 Å². The van der Waals surface area contributed by atoms with Crippen LogP contribution < -0.4 is 5.73 Å². The predicted octanol–water partition coefficient (Wildman–Crippen LogP) is 0.352. The molecule has 0 bridgehead atoms. The van der Waals surface area contributed by atoms with Gasteiger partial charge in [-0.2, -0.15) is 0 Å². The Hall–Kier alpha value is -1.07. The van der Waals surface area contributed by atoms with E-state index in [0.717, 1.165) is 12.4 Å². The number of aliphatic hydroxyl groups is 1. The Bertz CT molecular complexity index is 260. The SMILES string of the molecule is NC(CO)c1c(F)cncc1F. The van der Waals surface area contributed by atoms with Gasteiger partial charge in [-0.3, -0.25) is 4.98 Å². The van der Waals surface area contributed by atoms with Crippen LogP contribution in [0, 0.1) is 11.6 Å². The second-order valence-corrected chi connectivity index (χ2v) is 2.31. The molecule has 3 nitrogen and oxygen atoms in total. The molecule has 5 heteroatoms. The molecular weight excluding hydrogens is 166 g/mol. The first-order valence-corrected chi connectivity index (χ1v) is 3.32. The van der Waals surface area contributed by atoms with Crippen molar-refractivity contribution >= 4 is 0 Å². The van der Waals surface area contributed by atoms with Crippen molar-refractivity contribution in [3.63, 3.8) is 0 Å². The quantitative estimate of drug-likeness (QED) is 0.680. The van der Waals surface area contributed by atoms with Gasteiger partial charge in [0.2, 0.25) is 0 Å². The van der Waals surface area contributed by atoms with E-state index in [0.29, 0.717) is 0 Å². The fourth-order valence-electron chi connectivity index (χ4n) is 0.867. The molecule has 0 aliphatic rings. The van der Waals surface area contributed by atoms with E-state index in [1.54, 1.807) is 0 Å². The van der Waals surface area contributed by atoms with Gasteiger partial charge in [0.15, 0.2) is 0 Å². The molecule has 0 spiro atoms. The minimum absolute atomic E-state index is 0.326. The maximum absolute atomic E-state index is 12.8. The highest BCUT2D eigenvalue weighted by atomic mass is 19.1. The molecule has 0 radical (unpaired) electrons. The Balaban J connectivity index is 3.12. The van der Waals surface area contributed by atoms with Crippen LogP contribution in [0.25, 0.3) is 0 Å². The van der Waals surface area contributed by atoms with Crippen LogP contribution in [0.3, 0.4) is 0 Å². The van der Waals surface area contributed by atoms with Gasteiger partial charge in [0.25, 0.3) is 0 Å². The van der Waals surface area contributed by atoms with Crippen LogP contribution in [-0.4, -0.2) is 16.7 Å². The second kappa shape index (κ2) is 3.55. The van der Waals surface area contributed by atoms with Crippen LogP contribution in [0.15, 0.2) is 12.4 Å². The Morgan fingerprint density at radius 2 is 1.92 bits per heavy atom. The van der Waals surface area contributed by atoms with Gasteiger partial charge in [0.05, 0.1) is 25.0 Å². The summed E-state index contributed by atoms with van der Waals surface area (Å²) in [6.45, 7) is -0.502. The van der Waals surface area contributed by atoms with E-state index in [4.69, 9.17) is 10.8 Å². The number of halogens is 2. The standard InChI is InChI=1S/C7H8F2N2O/c8-4-1-11-2-5(9)7(4)6(10)3-12/h1-2,6,12H,3,10H2.